The molecule has 96 valence electrons. The molecule has 0 saturated carbocycles. The van der Waals surface area contributed by atoms with Crippen molar-refractivity contribution < 1.29 is 13.2 Å². The maximum absolute atomic E-state index is 12.1. The number of nitrogens with one attached hydrogen (secondary N) is 1. The van der Waals surface area contributed by atoms with Gasteiger partial charge in [0.1, 0.15) is 0 Å². The Balaban J connectivity index is 2.46. The number of rotatable bonds is 4. The van der Waals surface area contributed by atoms with Crippen LogP contribution < -0.4 is 11.1 Å². The predicted octanol–water partition coefficient (Wildman–Crippen LogP) is 0.951. The molecule has 0 spiro atoms. The number of alkyl halides is 3. The van der Waals surface area contributed by atoms with Gasteiger partial charge in [-0.3, -0.25) is 0 Å². The molecule has 0 radical (unpaired) electrons. The smallest absolute Gasteiger partial charge is 0.329 e. The molecule has 0 aromatic heterocycles. The summed E-state index contributed by atoms with van der Waals surface area (Å²) < 4.78 is 36.4. The first kappa shape index (κ1) is 13.7. The van der Waals surface area contributed by atoms with Crippen LogP contribution in [0.2, 0.25) is 0 Å². The Morgan fingerprint density at radius 3 is 2.25 bits per heavy atom. The van der Waals surface area contributed by atoms with Crippen LogP contribution in [0.4, 0.5) is 13.2 Å². The summed E-state index contributed by atoms with van der Waals surface area (Å²) in [5.74, 6) is 0. The molecular formula is C10H20F3N3. The zero-order valence-electron chi connectivity index (χ0n) is 9.61. The fourth-order valence-electron chi connectivity index (χ4n) is 2.04. The highest BCUT2D eigenvalue weighted by Gasteiger charge is 2.36. The van der Waals surface area contributed by atoms with Gasteiger partial charge in [0.05, 0.1) is 6.54 Å². The van der Waals surface area contributed by atoms with Gasteiger partial charge in [-0.15, -0.1) is 0 Å². The van der Waals surface area contributed by atoms with Crippen LogP contribution in [0.5, 0.6) is 0 Å². The minimum Gasteiger partial charge on any atom is -0.329 e. The zero-order chi connectivity index (χ0) is 12.2. The third-order valence-corrected chi connectivity index (χ3v) is 3.31. The van der Waals surface area contributed by atoms with Crippen molar-refractivity contribution in [3.63, 3.8) is 0 Å². The predicted molar refractivity (Wildman–Crippen MR) is 57.2 cm³/mol. The third-order valence-electron chi connectivity index (χ3n) is 3.31. The molecular weight excluding hydrogens is 219 g/mol. The average Bonchev–Trinajstić information content (AvgIpc) is 2.26. The Hall–Kier alpha value is -0.330. The quantitative estimate of drug-likeness (QED) is 0.767. The van der Waals surface area contributed by atoms with Gasteiger partial charge in [-0.05, 0) is 32.5 Å². The molecule has 1 rings (SSSR count). The largest absolute Gasteiger partial charge is 0.401 e. The van der Waals surface area contributed by atoms with Gasteiger partial charge in [0.15, 0.2) is 0 Å². The summed E-state index contributed by atoms with van der Waals surface area (Å²) in [4.78, 5) is 2.23. The van der Waals surface area contributed by atoms with Gasteiger partial charge in [0.2, 0.25) is 0 Å². The highest BCUT2D eigenvalue weighted by atomic mass is 19.4. The van der Waals surface area contributed by atoms with Crippen molar-refractivity contribution in [1.82, 2.24) is 10.2 Å². The van der Waals surface area contributed by atoms with Gasteiger partial charge in [-0.2, -0.15) is 13.2 Å². The Morgan fingerprint density at radius 1 is 1.31 bits per heavy atom. The Kier molecular flexibility index (Phi) is 4.58. The van der Waals surface area contributed by atoms with Crippen LogP contribution in [0.15, 0.2) is 0 Å². The number of nitrogens with zero attached hydrogens (tertiary/aromatic N) is 1. The summed E-state index contributed by atoms with van der Waals surface area (Å²) in [6, 6.07) is 0. The molecule has 0 aliphatic carbocycles. The van der Waals surface area contributed by atoms with Crippen LogP contribution in [0.3, 0.4) is 0 Å². The summed E-state index contributed by atoms with van der Waals surface area (Å²) in [6.07, 6.45) is -2.79. The Labute approximate surface area is 94.2 Å². The zero-order valence-corrected chi connectivity index (χ0v) is 9.61. The second-order valence-corrected chi connectivity index (χ2v) is 4.39. The maximum Gasteiger partial charge on any atom is 0.401 e. The summed E-state index contributed by atoms with van der Waals surface area (Å²) in [6.45, 7) is 3.95. The van der Waals surface area contributed by atoms with Gasteiger partial charge < -0.3 is 16.0 Å². The van der Waals surface area contributed by atoms with Gasteiger partial charge in [-0.25, -0.2) is 0 Å². The van der Waals surface area contributed by atoms with E-state index in [1.54, 1.807) is 0 Å². The molecule has 3 nitrogen and oxygen atoms in total. The molecule has 0 aromatic carbocycles. The molecule has 1 fully saturated rings. The highest BCUT2D eigenvalue weighted by molar-refractivity contribution is 4.94. The lowest BCUT2D eigenvalue weighted by Crippen LogP contribution is -2.59. The second-order valence-electron chi connectivity index (χ2n) is 4.39. The van der Waals surface area contributed by atoms with Gasteiger partial charge >= 0.3 is 6.18 Å². The van der Waals surface area contributed by atoms with Crippen LogP contribution in [0.1, 0.15) is 19.8 Å². The van der Waals surface area contributed by atoms with Crippen molar-refractivity contribution >= 4 is 0 Å². The standard InChI is InChI=1S/C10H20F3N3/c1-2-16-5-3-9(7-14,4-6-16)15-8-10(11,12)13/h15H,2-8,14H2,1H3. The summed E-state index contributed by atoms with van der Waals surface area (Å²) in [5.41, 5.74) is 5.08. The molecule has 1 saturated heterocycles. The third kappa shape index (κ3) is 3.92. The SMILES string of the molecule is CCN1CCC(CN)(NCC(F)(F)F)CC1. The van der Waals surface area contributed by atoms with Gasteiger partial charge in [0, 0.05) is 12.1 Å². The van der Waals surface area contributed by atoms with Crippen LogP contribution in [-0.2, 0) is 0 Å². The molecule has 1 aliphatic heterocycles. The van der Waals surface area contributed by atoms with Crippen LogP contribution in [0.25, 0.3) is 0 Å². The van der Waals surface area contributed by atoms with E-state index in [-0.39, 0.29) is 6.54 Å². The number of hydrogen-bond acceptors (Lipinski definition) is 3. The topological polar surface area (TPSA) is 41.3 Å². The fraction of sp³-hybridized carbons (Fsp3) is 1.00. The highest BCUT2D eigenvalue weighted by Crippen LogP contribution is 2.23. The average molecular weight is 239 g/mol. The van der Waals surface area contributed by atoms with E-state index in [2.05, 4.69) is 17.1 Å². The van der Waals surface area contributed by atoms with Crippen LogP contribution in [0, 0.1) is 0 Å². The van der Waals surface area contributed by atoms with Crippen LogP contribution in [-0.4, -0.2) is 49.3 Å². The lowest BCUT2D eigenvalue weighted by atomic mass is 9.87. The van der Waals surface area contributed by atoms with Crippen molar-refractivity contribution in [1.29, 1.82) is 0 Å². The summed E-state index contributed by atoms with van der Waals surface area (Å²) >= 11 is 0. The molecule has 0 bridgehead atoms. The Bertz CT molecular complexity index is 210. The molecule has 16 heavy (non-hydrogen) atoms. The van der Waals surface area contributed by atoms with E-state index in [0.717, 1.165) is 19.6 Å². The van der Waals surface area contributed by atoms with Crippen molar-refractivity contribution in [2.24, 2.45) is 5.73 Å². The number of hydrogen-bond donors (Lipinski definition) is 2. The normalized spacial score (nSPS) is 22.3. The second kappa shape index (κ2) is 5.33. The van der Waals surface area contributed by atoms with Crippen molar-refractivity contribution in [2.75, 3.05) is 32.7 Å². The van der Waals surface area contributed by atoms with E-state index >= 15 is 0 Å². The molecule has 3 N–H and O–H groups in total. The molecule has 0 atom stereocenters. The van der Waals surface area contributed by atoms with Crippen LogP contribution >= 0.6 is 0 Å². The number of nitrogens with two attached hydrogens (primary N) is 1. The van der Waals surface area contributed by atoms with Crippen molar-refractivity contribution in [2.45, 2.75) is 31.5 Å². The van der Waals surface area contributed by atoms with Crippen molar-refractivity contribution in [3.8, 4) is 0 Å². The first-order valence-electron chi connectivity index (χ1n) is 5.65. The first-order valence-corrected chi connectivity index (χ1v) is 5.65. The number of likely N-dealkylation sites (tertiary alicyclic amines) is 1. The Morgan fingerprint density at radius 2 is 1.88 bits per heavy atom. The summed E-state index contributed by atoms with van der Waals surface area (Å²) in [7, 11) is 0. The monoisotopic (exact) mass is 239 g/mol. The van der Waals surface area contributed by atoms with E-state index in [9.17, 15) is 13.2 Å². The van der Waals surface area contributed by atoms with Gasteiger partial charge in [-0.1, -0.05) is 6.92 Å². The lowest BCUT2D eigenvalue weighted by molar-refractivity contribution is -0.129. The minimum absolute atomic E-state index is 0.265. The molecule has 0 amide bonds. The fourth-order valence-corrected chi connectivity index (χ4v) is 2.04. The lowest BCUT2D eigenvalue weighted by Gasteiger charge is -2.41. The first-order chi connectivity index (χ1) is 7.41. The van der Waals surface area contributed by atoms with Gasteiger partial charge in [0.25, 0.3) is 0 Å². The molecule has 1 aliphatic rings. The number of halogens is 3. The summed E-state index contributed by atoms with van der Waals surface area (Å²) in [5, 5.41) is 2.59. The molecule has 0 unspecified atom stereocenters. The van der Waals surface area contributed by atoms with E-state index in [0.29, 0.717) is 12.8 Å². The molecule has 0 aromatic rings. The molecule has 1 heterocycles. The van der Waals surface area contributed by atoms with E-state index in [4.69, 9.17) is 5.73 Å². The van der Waals surface area contributed by atoms with E-state index < -0.39 is 18.3 Å². The minimum atomic E-state index is -4.16. The van der Waals surface area contributed by atoms with E-state index in [1.807, 2.05) is 0 Å². The van der Waals surface area contributed by atoms with E-state index in [1.165, 1.54) is 0 Å². The number of piperidine rings is 1. The maximum atomic E-state index is 12.1. The molecule has 6 heteroatoms. The van der Waals surface area contributed by atoms with Crippen molar-refractivity contribution in [3.05, 3.63) is 0 Å².